The van der Waals surface area contributed by atoms with Gasteiger partial charge in [0, 0.05) is 0 Å². The SMILES string of the molecule is Cc1ccc(C(CCCN)C(=O)O)cc1. The molecule has 0 aliphatic rings. The minimum Gasteiger partial charge on any atom is -0.481 e. The van der Waals surface area contributed by atoms with Gasteiger partial charge in [-0.25, -0.2) is 0 Å². The summed E-state index contributed by atoms with van der Waals surface area (Å²) in [6.07, 6.45) is 1.35. The van der Waals surface area contributed by atoms with E-state index in [1.54, 1.807) is 0 Å². The smallest absolute Gasteiger partial charge is 0.310 e. The summed E-state index contributed by atoms with van der Waals surface area (Å²) in [4.78, 5) is 11.0. The molecule has 0 fully saturated rings. The predicted molar refractivity (Wildman–Crippen MR) is 59.8 cm³/mol. The van der Waals surface area contributed by atoms with Crippen molar-refractivity contribution < 1.29 is 9.90 Å². The van der Waals surface area contributed by atoms with E-state index in [4.69, 9.17) is 10.8 Å². The zero-order valence-electron chi connectivity index (χ0n) is 8.94. The highest BCUT2D eigenvalue weighted by atomic mass is 16.4. The van der Waals surface area contributed by atoms with Crippen LogP contribution in [-0.2, 0) is 4.79 Å². The highest BCUT2D eigenvalue weighted by molar-refractivity contribution is 5.76. The molecule has 1 aromatic carbocycles. The largest absolute Gasteiger partial charge is 0.481 e. The van der Waals surface area contributed by atoms with E-state index in [1.807, 2.05) is 31.2 Å². The van der Waals surface area contributed by atoms with Crippen molar-refractivity contribution in [2.24, 2.45) is 5.73 Å². The lowest BCUT2D eigenvalue weighted by Crippen LogP contribution is -2.13. The van der Waals surface area contributed by atoms with Gasteiger partial charge in [-0.2, -0.15) is 0 Å². The molecule has 3 N–H and O–H groups in total. The van der Waals surface area contributed by atoms with Gasteiger partial charge >= 0.3 is 5.97 Å². The molecule has 0 amide bonds. The number of aryl methyl sites for hydroxylation is 1. The van der Waals surface area contributed by atoms with E-state index in [2.05, 4.69) is 0 Å². The van der Waals surface area contributed by atoms with Crippen LogP contribution < -0.4 is 5.73 Å². The molecular weight excluding hydrogens is 190 g/mol. The molecule has 1 rings (SSSR count). The van der Waals surface area contributed by atoms with Gasteiger partial charge in [0.1, 0.15) is 0 Å². The summed E-state index contributed by atoms with van der Waals surface area (Å²) in [7, 11) is 0. The third-order valence-corrected chi connectivity index (χ3v) is 2.47. The number of carboxylic acids is 1. The van der Waals surface area contributed by atoms with Crippen LogP contribution in [0.3, 0.4) is 0 Å². The Balaban J connectivity index is 2.79. The van der Waals surface area contributed by atoms with Gasteiger partial charge in [-0.1, -0.05) is 29.8 Å². The van der Waals surface area contributed by atoms with Crippen LogP contribution in [0, 0.1) is 6.92 Å². The van der Waals surface area contributed by atoms with Crippen LogP contribution in [0.4, 0.5) is 0 Å². The lowest BCUT2D eigenvalue weighted by Gasteiger charge is -2.12. The maximum Gasteiger partial charge on any atom is 0.310 e. The molecule has 1 atom stereocenters. The Labute approximate surface area is 89.9 Å². The summed E-state index contributed by atoms with van der Waals surface area (Å²) in [5.41, 5.74) is 7.39. The highest BCUT2D eigenvalue weighted by Crippen LogP contribution is 2.21. The summed E-state index contributed by atoms with van der Waals surface area (Å²) in [5.74, 6) is -1.19. The number of hydrogen-bond donors (Lipinski definition) is 2. The molecular formula is C12H17NO2. The molecule has 0 bridgehead atoms. The molecule has 3 heteroatoms. The number of carboxylic acid groups (broad SMARTS) is 1. The van der Waals surface area contributed by atoms with Crippen LogP contribution in [0.1, 0.15) is 29.9 Å². The summed E-state index contributed by atoms with van der Waals surface area (Å²) in [5, 5.41) is 9.08. The van der Waals surface area contributed by atoms with E-state index in [9.17, 15) is 4.79 Å². The molecule has 0 saturated carbocycles. The van der Waals surface area contributed by atoms with E-state index in [-0.39, 0.29) is 0 Å². The van der Waals surface area contributed by atoms with Gasteiger partial charge in [0.25, 0.3) is 0 Å². The van der Waals surface area contributed by atoms with Crippen molar-refractivity contribution in [3.05, 3.63) is 35.4 Å². The van der Waals surface area contributed by atoms with Crippen LogP contribution in [-0.4, -0.2) is 17.6 Å². The van der Waals surface area contributed by atoms with E-state index < -0.39 is 11.9 Å². The Kier molecular flexibility index (Phi) is 4.31. The third kappa shape index (κ3) is 3.36. The van der Waals surface area contributed by atoms with E-state index >= 15 is 0 Å². The Morgan fingerprint density at radius 2 is 2.00 bits per heavy atom. The standard InChI is InChI=1S/C12H17NO2/c1-9-4-6-10(7-5-9)11(12(14)15)3-2-8-13/h4-7,11H,2-3,8,13H2,1H3,(H,14,15). The second-order valence-electron chi connectivity index (χ2n) is 3.73. The van der Waals surface area contributed by atoms with Gasteiger partial charge in [-0.3, -0.25) is 4.79 Å². The monoisotopic (exact) mass is 207 g/mol. The average Bonchev–Trinajstić information content (AvgIpc) is 2.21. The van der Waals surface area contributed by atoms with E-state index in [0.29, 0.717) is 13.0 Å². The number of nitrogens with two attached hydrogens (primary N) is 1. The molecule has 0 aliphatic carbocycles. The molecule has 82 valence electrons. The molecule has 0 saturated heterocycles. The lowest BCUT2D eigenvalue weighted by molar-refractivity contribution is -0.139. The lowest BCUT2D eigenvalue weighted by atomic mass is 9.94. The number of hydrogen-bond acceptors (Lipinski definition) is 2. The quantitative estimate of drug-likeness (QED) is 0.775. The Morgan fingerprint density at radius 1 is 1.40 bits per heavy atom. The summed E-state index contributed by atoms with van der Waals surface area (Å²) in [6, 6.07) is 7.64. The summed E-state index contributed by atoms with van der Waals surface area (Å²) < 4.78 is 0. The second-order valence-corrected chi connectivity index (χ2v) is 3.73. The molecule has 1 aromatic rings. The maximum atomic E-state index is 11.0. The van der Waals surface area contributed by atoms with Gasteiger partial charge in [0.15, 0.2) is 0 Å². The van der Waals surface area contributed by atoms with E-state index in [0.717, 1.165) is 17.5 Å². The molecule has 1 unspecified atom stereocenters. The number of carbonyl (C=O) groups is 1. The zero-order chi connectivity index (χ0) is 11.3. The van der Waals surface area contributed by atoms with Gasteiger partial charge in [0.05, 0.1) is 5.92 Å². The van der Waals surface area contributed by atoms with Crippen molar-refractivity contribution in [3.8, 4) is 0 Å². The van der Waals surface area contributed by atoms with Crippen molar-refractivity contribution in [1.29, 1.82) is 0 Å². The summed E-state index contributed by atoms with van der Waals surface area (Å²) >= 11 is 0. The van der Waals surface area contributed by atoms with Crippen LogP contribution in [0.2, 0.25) is 0 Å². The molecule has 0 spiro atoms. The Morgan fingerprint density at radius 3 is 2.47 bits per heavy atom. The van der Waals surface area contributed by atoms with Crippen LogP contribution >= 0.6 is 0 Å². The van der Waals surface area contributed by atoms with Crippen molar-refractivity contribution in [2.75, 3.05) is 6.54 Å². The molecule has 0 aromatic heterocycles. The van der Waals surface area contributed by atoms with Gasteiger partial charge in [-0.15, -0.1) is 0 Å². The minimum absolute atomic E-state index is 0.422. The Hall–Kier alpha value is -1.35. The van der Waals surface area contributed by atoms with Crippen molar-refractivity contribution in [2.45, 2.75) is 25.7 Å². The first-order valence-electron chi connectivity index (χ1n) is 5.14. The van der Waals surface area contributed by atoms with Crippen LogP contribution in [0.15, 0.2) is 24.3 Å². The van der Waals surface area contributed by atoms with Crippen molar-refractivity contribution in [1.82, 2.24) is 0 Å². The zero-order valence-corrected chi connectivity index (χ0v) is 8.94. The third-order valence-electron chi connectivity index (χ3n) is 2.47. The molecule has 3 nitrogen and oxygen atoms in total. The fourth-order valence-electron chi connectivity index (χ4n) is 1.55. The fraction of sp³-hybridized carbons (Fsp3) is 0.417. The summed E-state index contributed by atoms with van der Waals surface area (Å²) in [6.45, 7) is 2.52. The molecule has 0 heterocycles. The maximum absolute atomic E-state index is 11.0. The minimum atomic E-state index is -0.771. The van der Waals surface area contributed by atoms with Gasteiger partial charge < -0.3 is 10.8 Å². The molecule has 15 heavy (non-hydrogen) atoms. The first-order valence-corrected chi connectivity index (χ1v) is 5.14. The highest BCUT2D eigenvalue weighted by Gasteiger charge is 2.18. The normalized spacial score (nSPS) is 12.4. The fourth-order valence-corrected chi connectivity index (χ4v) is 1.55. The number of aliphatic carboxylic acids is 1. The molecule has 0 aliphatic heterocycles. The second kappa shape index (κ2) is 5.51. The molecule has 0 radical (unpaired) electrons. The number of benzene rings is 1. The van der Waals surface area contributed by atoms with Gasteiger partial charge in [0.2, 0.25) is 0 Å². The predicted octanol–water partition coefficient (Wildman–Crippen LogP) is 1.90. The van der Waals surface area contributed by atoms with Crippen LogP contribution in [0.25, 0.3) is 0 Å². The average molecular weight is 207 g/mol. The van der Waals surface area contributed by atoms with Crippen LogP contribution in [0.5, 0.6) is 0 Å². The first-order chi connectivity index (χ1) is 7.15. The van der Waals surface area contributed by atoms with Gasteiger partial charge in [-0.05, 0) is 31.9 Å². The van der Waals surface area contributed by atoms with Crippen molar-refractivity contribution >= 4 is 5.97 Å². The van der Waals surface area contributed by atoms with E-state index in [1.165, 1.54) is 0 Å². The van der Waals surface area contributed by atoms with Crippen molar-refractivity contribution in [3.63, 3.8) is 0 Å². The first kappa shape index (κ1) is 11.7. The Bertz CT molecular complexity index is 319. The topological polar surface area (TPSA) is 63.3 Å². The number of rotatable bonds is 5.